The minimum Gasteiger partial charge on any atom is -0.494 e. The number of unbranched alkanes of at least 4 members (excludes halogenated alkanes) is 1. The van der Waals surface area contributed by atoms with Gasteiger partial charge in [-0.1, -0.05) is 44.7 Å². The number of amides is 1. The number of carbonyl (C=O) groups excluding carboxylic acids is 1. The molecule has 0 bridgehead atoms. The van der Waals surface area contributed by atoms with Crippen molar-refractivity contribution in [1.82, 2.24) is 5.32 Å². The lowest BCUT2D eigenvalue weighted by molar-refractivity contribution is -0.121. The zero-order chi connectivity index (χ0) is 17.9. The monoisotopic (exact) mass is 353 g/mol. The van der Waals surface area contributed by atoms with Crippen LogP contribution in [0, 0.1) is 19.8 Å². The Morgan fingerprint density at radius 1 is 1.21 bits per heavy atom. The van der Waals surface area contributed by atoms with E-state index < -0.39 is 0 Å². The molecule has 0 aliphatic carbocycles. The fourth-order valence-corrected chi connectivity index (χ4v) is 2.81. The van der Waals surface area contributed by atoms with Gasteiger partial charge in [0.2, 0.25) is 5.91 Å². The smallest absolute Gasteiger partial charge is 0.220 e. The first kappa shape index (κ1) is 20.8. The summed E-state index contributed by atoms with van der Waals surface area (Å²) in [6, 6.07) is 3.88. The molecule has 1 rings (SSSR count). The molecule has 1 atom stereocenters. The largest absolute Gasteiger partial charge is 0.494 e. The van der Waals surface area contributed by atoms with Crippen molar-refractivity contribution in [2.75, 3.05) is 13.2 Å². The van der Waals surface area contributed by atoms with Crippen LogP contribution in [0.15, 0.2) is 12.1 Å². The third-order valence-electron chi connectivity index (χ3n) is 4.36. The molecule has 4 heteroatoms. The van der Waals surface area contributed by atoms with Gasteiger partial charge in [0.25, 0.3) is 0 Å². The van der Waals surface area contributed by atoms with Gasteiger partial charge in [0.05, 0.1) is 6.61 Å². The van der Waals surface area contributed by atoms with Gasteiger partial charge in [0.15, 0.2) is 0 Å². The summed E-state index contributed by atoms with van der Waals surface area (Å²) < 4.78 is 5.73. The molecule has 1 amide bonds. The Labute approximate surface area is 152 Å². The SMILES string of the molecule is CCCCC(CC)CNC(=O)CCCOc1cc(C)c(Cl)c(C)c1. The van der Waals surface area contributed by atoms with E-state index in [4.69, 9.17) is 16.3 Å². The van der Waals surface area contributed by atoms with E-state index in [1.807, 2.05) is 26.0 Å². The van der Waals surface area contributed by atoms with Crippen LogP contribution < -0.4 is 10.1 Å². The van der Waals surface area contributed by atoms with Crippen LogP contribution in [-0.4, -0.2) is 19.1 Å². The Morgan fingerprint density at radius 3 is 2.46 bits per heavy atom. The fourth-order valence-electron chi connectivity index (χ4n) is 2.70. The van der Waals surface area contributed by atoms with Crippen LogP contribution in [-0.2, 0) is 4.79 Å². The van der Waals surface area contributed by atoms with Crippen LogP contribution in [0.1, 0.15) is 63.5 Å². The zero-order valence-corrected chi connectivity index (χ0v) is 16.3. The lowest BCUT2D eigenvalue weighted by Gasteiger charge is -2.15. The summed E-state index contributed by atoms with van der Waals surface area (Å²) in [5, 5.41) is 3.84. The van der Waals surface area contributed by atoms with Gasteiger partial charge in [-0.3, -0.25) is 4.79 Å². The second-order valence-electron chi connectivity index (χ2n) is 6.54. The highest BCUT2D eigenvalue weighted by Crippen LogP contribution is 2.25. The Hall–Kier alpha value is -1.22. The number of ether oxygens (including phenoxy) is 1. The quantitative estimate of drug-likeness (QED) is 0.537. The highest BCUT2D eigenvalue weighted by molar-refractivity contribution is 6.32. The first-order chi connectivity index (χ1) is 11.5. The Kier molecular flexibility index (Phi) is 9.85. The van der Waals surface area contributed by atoms with Crippen molar-refractivity contribution in [3.8, 4) is 5.75 Å². The van der Waals surface area contributed by atoms with Crippen molar-refractivity contribution in [3.05, 3.63) is 28.3 Å². The minimum atomic E-state index is 0.122. The summed E-state index contributed by atoms with van der Waals surface area (Å²) in [6.45, 7) is 9.68. The lowest BCUT2D eigenvalue weighted by Crippen LogP contribution is -2.29. The molecule has 3 nitrogen and oxygen atoms in total. The van der Waals surface area contributed by atoms with Gasteiger partial charge in [-0.15, -0.1) is 0 Å². The molecular weight excluding hydrogens is 322 g/mol. The van der Waals surface area contributed by atoms with Crippen molar-refractivity contribution >= 4 is 17.5 Å². The number of hydrogen-bond acceptors (Lipinski definition) is 2. The predicted molar refractivity (Wildman–Crippen MR) is 102 cm³/mol. The first-order valence-corrected chi connectivity index (χ1v) is 9.51. The van der Waals surface area contributed by atoms with E-state index in [-0.39, 0.29) is 5.91 Å². The third kappa shape index (κ3) is 7.57. The summed E-state index contributed by atoms with van der Waals surface area (Å²) in [5.41, 5.74) is 2.03. The topological polar surface area (TPSA) is 38.3 Å². The Bertz CT molecular complexity index is 493. The Morgan fingerprint density at radius 2 is 1.88 bits per heavy atom. The fraction of sp³-hybridized carbons (Fsp3) is 0.650. The summed E-state index contributed by atoms with van der Waals surface area (Å²) in [5.74, 6) is 1.54. The maximum Gasteiger partial charge on any atom is 0.220 e. The number of rotatable bonds is 11. The van der Waals surface area contributed by atoms with Crippen LogP contribution >= 0.6 is 11.6 Å². The molecule has 1 N–H and O–H groups in total. The molecule has 0 aliphatic rings. The van der Waals surface area contributed by atoms with Crippen LogP contribution in [0.2, 0.25) is 5.02 Å². The number of aryl methyl sites for hydroxylation is 2. The normalized spacial score (nSPS) is 12.0. The first-order valence-electron chi connectivity index (χ1n) is 9.14. The molecule has 0 aromatic heterocycles. The van der Waals surface area contributed by atoms with Crippen molar-refractivity contribution < 1.29 is 9.53 Å². The predicted octanol–water partition coefficient (Wildman–Crippen LogP) is 5.45. The van der Waals surface area contributed by atoms with Crippen molar-refractivity contribution in [1.29, 1.82) is 0 Å². The molecule has 0 heterocycles. The molecular formula is C20H32ClNO2. The highest BCUT2D eigenvalue weighted by atomic mass is 35.5. The molecule has 1 unspecified atom stereocenters. The second-order valence-corrected chi connectivity index (χ2v) is 6.92. The third-order valence-corrected chi connectivity index (χ3v) is 4.95. The number of nitrogens with one attached hydrogen (secondary N) is 1. The van der Waals surface area contributed by atoms with Crippen LogP contribution in [0.25, 0.3) is 0 Å². The van der Waals surface area contributed by atoms with Gasteiger partial charge in [-0.25, -0.2) is 0 Å². The maximum atomic E-state index is 11.9. The van der Waals surface area contributed by atoms with E-state index in [2.05, 4.69) is 19.2 Å². The summed E-state index contributed by atoms with van der Waals surface area (Å²) in [6.07, 6.45) is 6.01. The molecule has 24 heavy (non-hydrogen) atoms. The highest BCUT2D eigenvalue weighted by Gasteiger charge is 2.08. The van der Waals surface area contributed by atoms with Crippen molar-refractivity contribution in [2.45, 2.75) is 66.2 Å². The minimum absolute atomic E-state index is 0.122. The molecule has 0 fully saturated rings. The van der Waals surface area contributed by atoms with Crippen LogP contribution in [0.3, 0.4) is 0 Å². The van der Waals surface area contributed by atoms with E-state index in [0.29, 0.717) is 18.9 Å². The van der Waals surface area contributed by atoms with Gasteiger partial charge in [0, 0.05) is 18.0 Å². The van der Waals surface area contributed by atoms with Crippen molar-refractivity contribution in [2.24, 2.45) is 5.92 Å². The van der Waals surface area contributed by atoms with Crippen LogP contribution in [0.4, 0.5) is 0 Å². The van der Waals surface area contributed by atoms with Gasteiger partial charge in [0.1, 0.15) is 5.75 Å². The lowest BCUT2D eigenvalue weighted by atomic mass is 9.99. The Balaban J connectivity index is 2.24. The van der Waals surface area contributed by atoms with E-state index in [0.717, 1.165) is 41.3 Å². The molecule has 0 saturated carbocycles. The van der Waals surface area contributed by atoms with E-state index in [1.54, 1.807) is 0 Å². The van der Waals surface area contributed by atoms with Gasteiger partial charge < -0.3 is 10.1 Å². The number of carbonyl (C=O) groups is 1. The molecule has 0 spiro atoms. The van der Waals surface area contributed by atoms with E-state index >= 15 is 0 Å². The second kappa shape index (κ2) is 11.4. The molecule has 1 aromatic rings. The number of benzene rings is 1. The van der Waals surface area contributed by atoms with E-state index in [9.17, 15) is 4.79 Å². The number of hydrogen-bond donors (Lipinski definition) is 1. The van der Waals surface area contributed by atoms with E-state index in [1.165, 1.54) is 19.3 Å². The standard InChI is InChI=1S/C20H32ClNO2/c1-5-7-9-17(6-2)14-22-19(23)10-8-11-24-18-12-15(3)20(21)16(4)13-18/h12-13,17H,5-11,14H2,1-4H3,(H,22,23). The molecule has 0 saturated heterocycles. The molecule has 0 aliphatic heterocycles. The average Bonchev–Trinajstić information content (AvgIpc) is 2.56. The number of halogens is 1. The average molecular weight is 354 g/mol. The van der Waals surface area contributed by atoms with Gasteiger partial charge >= 0.3 is 0 Å². The van der Waals surface area contributed by atoms with Crippen LogP contribution in [0.5, 0.6) is 5.75 Å². The molecule has 136 valence electrons. The van der Waals surface area contributed by atoms with Gasteiger partial charge in [-0.2, -0.15) is 0 Å². The van der Waals surface area contributed by atoms with Crippen molar-refractivity contribution in [3.63, 3.8) is 0 Å². The summed E-state index contributed by atoms with van der Waals surface area (Å²) >= 11 is 6.15. The molecule has 0 radical (unpaired) electrons. The maximum absolute atomic E-state index is 11.9. The molecule has 1 aromatic carbocycles. The van der Waals surface area contributed by atoms with Gasteiger partial charge in [-0.05, 0) is 55.9 Å². The summed E-state index contributed by atoms with van der Waals surface area (Å²) in [4.78, 5) is 11.9. The summed E-state index contributed by atoms with van der Waals surface area (Å²) in [7, 11) is 0. The zero-order valence-electron chi connectivity index (χ0n) is 15.6.